The molecule has 0 fully saturated rings. The van der Waals surface area contributed by atoms with Crippen molar-refractivity contribution >= 4 is 16.7 Å². The summed E-state index contributed by atoms with van der Waals surface area (Å²) in [6.45, 7) is 0.0338. The van der Waals surface area contributed by atoms with Crippen LogP contribution in [0.1, 0.15) is 21.6 Å². The third-order valence-corrected chi connectivity index (χ3v) is 3.65. The van der Waals surface area contributed by atoms with E-state index in [4.69, 9.17) is 0 Å². The normalized spacial score (nSPS) is 11.5. The summed E-state index contributed by atoms with van der Waals surface area (Å²) in [4.78, 5) is 24.0. The van der Waals surface area contributed by atoms with Gasteiger partial charge in [-0.3, -0.25) is 9.59 Å². The van der Waals surface area contributed by atoms with Crippen molar-refractivity contribution in [1.82, 2.24) is 15.5 Å². The maximum atomic E-state index is 12.5. The number of hydrogen-bond acceptors (Lipinski definition) is 3. The van der Waals surface area contributed by atoms with Gasteiger partial charge in [-0.15, -0.1) is 0 Å². The van der Waals surface area contributed by atoms with Crippen molar-refractivity contribution in [3.8, 4) is 0 Å². The second-order valence-corrected chi connectivity index (χ2v) is 5.32. The number of aromatic nitrogens is 2. The summed E-state index contributed by atoms with van der Waals surface area (Å²) in [6.07, 6.45) is -4.40. The maximum absolute atomic E-state index is 12.5. The molecule has 3 aromatic rings. The van der Waals surface area contributed by atoms with Crippen molar-refractivity contribution in [2.45, 2.75) is 12.7 Å². The Morgan fingerprint density at radius 2 is 1.68 bits per heavy atom. The van der Waals surface area contributed by atoms with Crippen LogP contribution in [0.15, 0.2) is 53.3 Å². The predicted octanol–water partition coefficient (Wildman–Crippen LogP) is 2.87. The minimum atomic E-state index is -4.40. The molecule has 0 aliphatic rings. The molecule has 0 aliphatic heterocycles. The zero-order valence-corrected chi connectivity index (χ0v) is 12.7. The summed E-state index contributed by atoms with van der Waals surface area (Å²) in [5.41, 5.74) is -0.608. The molecule has 1 amide bonds. The molecule has 2 aromatic carbocycles. The van der Waals surface area contributed by atoms with Crippen molar-refractivity contribution in [3.05, 3.63) is 75.7 Å². The number of aromatic amines is 1. The van der Waals surface area contributed by atoms with E-state index in [9.17, 15) is 22.8 Å². The number of amides is 1. The van der Waals surface area contributed by atoms with E-state index in [2.05, 4.69) is 15.5 Å². The van der Waals surface area contributed by atoms with Crippen LogP contribution in [-0.4, -0.2) is 16.1 Å². The molecule has 1 aromatic heterocycles. The van der Waals surface area contributed by atoms with Crippen molar-refractivity contribution < 1.29 is 18.0 Å². The fourth-order valence-electron chi connectivity index (χ4n) is 2.37. The average molecular weight is 347 g/mol. The van der Waals surface area contributed by atoms with Gasteiger partial charge in [-0.25, -0.2) is 5.10 Å². The third-order valence-electron chi connectivity index (χ3n) is 3.65. The minimum Gasteiger partial charge on any atom is -0.347 e. The summed E-state index contributed by atoms with van der Waals surface area (Å²) in [5.74, 6) is -0.535. The number of fused-ring (bicyclic) bond motifs is 1. The van der Waals surface area contributed by atoms with Gasteiger partial charge in [0.15, 0.2) is 5.69 Å². The molecule has 1 heterocycles. The second-order valence-electron chi connectivity index (χ2n) is 5.32. The van der Waals surface area contributed by atoms with Crippen LogP contribution < -0.4 is 10.9 Å². The summed E-state index contributed by atoms with van der Waals surface area (Å²) in [5, 5.41) is 9.33. The molecule has 25 heavy (non-hydrogen) atoms. The highest BCUT2D eigenvalue weighted by atomic mass is 19.4. The molecule has 0 saturated heterocycles. The quantitative estimate of drug-likeness (QED) is 0.765. The van der Waals surface area contributed by atoms with Crippen molar-refractivity contribution in [1.29, 1.82) is 0 Å². The molecule has 5 nitrogen and oxygen atoms in total. The Bertz CT molecular complexity index is 979. The van der Waals surface area contributed by atoms with Crippen LogP contribution >= 0.6 is 0 Å². The molecule has 8 heteroatoms. The van der Waals surface area contributed by atoms with Crippen LogP contribution in [0.3, 0.4) is 0 Å². The molecule has 0 unspecified atom stereocenters. The Kier molecular flexibility index (Phi) is 4.26. The highest BCUT2D eigenvalue weighted by Crippen LogP contribution is 2.29. The fraction of sp³-hybridized carbons (Fsp3) is 0.118. The van der Waals surface area contributed by atoms with Gasteiger partial charge >= 0.3 is 6.18 Å². The minimum absolute atomic E-state index is 0.0338. The van der Waals surface area contributed by atoms with Gasteiger partial charge in [0.1, 0.15) is 0 Å². The monoisotopic (exact) mass is 347 g/mol. The number of nitrogens with zero attached hydrogens (tertiary/aromatic N) is 1. The molecule has 2 N–H and O–H groups in total. The Morgan fingerprint density at radius 1 is 1.04 bits per heavy atom. The number of nitrogens with one attached hydrogen (secondary N) is 2. The molecule has 0 bridgehead atoms. The van der Waals surface area contributed by atoms with Gasteiger partial charge in [0, 0.05) is 11.9 Å². The number of carbonyl (C=O) groups excluding carboxylic acids is 1. The number of benzene rings is 2. The number of H-pyrrole nitrogens is 1. The molecular formula is C17H12F3N3O2. The lowest BCUT2D eigenvalue weighted by atomic mass is 10.1. The first-order valence-electron chi connectivity index (χ1n) is 7.28. The highest BCUT2D eigenvalue weighted by Gasteiger charge is 2.29. The fourth-order valence-corrected chi connectivity index (χ4v) is 2.37. The Balaban J connectivity index is 1.78. The van der Waals surface area contributed by atoms with E-state index in [-0.39, 0.29) is 12.2 Å². The van der Waals surface area contributed by atoms with Crippen molar-refractivity contribution in [2.24, 2.45) is 0 Å². The van der Waals surface area contributed by atoms with Crippen LogP contribution in [-0.2, 0) is 12.7 Å². The van der Waals surface area contributed by atoms with Crippen LogP contribution in [0.4, 0.5) is 13.2 Å². The molecule has 0 aliphatic carbocycles. The largest absolute Gasteiger partial charge is 0.416 e. The molecule has 0 radical (unpaired) electrons. The number of hydrogen-bond donors (Lipinski definition) is 2. The van der Waals surface area contributed by atoms with E-state index in [0.29, 0.717) is 16.3 Å². The van der Waals surface area contributed by atoms with E-state index < -0.39 is 23.2 Å². The molecule has 0 atom stereocenters. The van der Waals surface area contributed by atoms with Gasteiger partial charge in [0.05, 0.1) is 10.9 Å². The number of rotatable bonds is 3. The summed E-state index contributed by atoms with van der Waals surface area (Å²) in [6, 6.07) is 11.0. The van der Waals surface area contributed by atoms with E-state index in [1.54, 1.807) is 24.3 Å². The van der Waals surface area contributed by atoms with Gasteiger partial charge < -0.3 is 5.32 Å². The molecule has 0 saturated carbocycles. The lowest BCUT2D eigenvalue weighted by Crippen LogP contribution is -2.26. The zero-order valence-electron chi connectivity index (χ0n) is 12.7. The standard InChI is InChI=1S/C17H12F3N3O2/c18-17(19,20)11-7-5-10(6-8-11)9-21-16(25)14-12-3-1-2-4-13(12)15(24)23-22-14/h1-8H,9H2,(H,21,25)(H,23,24). The van der Waals surface area contributed by atoms with Crippen molar-refractivity contribution in [2.75, 3.05) is 0 Å². The first kappa shape index (κ1) is 16.7. The number of halogens is 3. The van der Waals surface area contributed by atoms with Gasteiger partial charge in [-0.2, -0.15) is 18.3 Å². The van der Waals surface area contributed by atoms with Crippen molar-refractivity contribution in [3.63, 3.8) is 0 Å². The van der Waals surface area contributed by atoms with E-state index in [1.165, 1.54) is 12.1 Å². The highest BCUT2D eigenvalue weighted by molar-refractivity contribution is 6.04. The van der Waals surface area contributed by atoms with E-state index in [0.717, 1.165) is 12.1 Å². The summed E-state index contributed by atoms with van der Waals surface area (Å²) >= 11 is 0. The first-order valence-corrected chi connectivity index (χ1v) is 7.28. The van der Waals surface area contributed by atoms with Gasteiger partial charge in [0.25, 0.3) is 11.5 Å². The lowest BCUT2D eigenvalue weighted by molar-refractivity contribution is -0.137. The summed E-state index contributed by atoms with van der Waals surface area (Å²) < 4.78 is 37.6. The smallest absolute Gasteiger partial charge is 0.347 e. The Labute approximate surface area is 139 Å². The lowest BCUT2D eigenvalue weighted by Gasteiger charge is -2.09. The SMILES string of the molecule is O=C(NCc1ccc(C(F)(F)F)cc1)c1n[nH]c(=O)c2ccccc12. The average Bonchev–Trinajstić information content (AvgIpc) is 2.60. The number of carbonyl (C=O) groups is 1. The predicted molar refractivity (Wildman–Crippen MR) is 85.0 cm³/mol. The van der Waals surface area contributed by atoms with Gasteiger partial charge in [-0.05, 0) is 23.8 Å². The topological polar surface area (TPSA) is 74.8 Å². The molecule has 0 spiro atoms. The van der Waals surface area contributed by atoms with Crippen LogP contribution in [0, 0.1) is 0 Å². The Morgan fingerprint density at radius 3 is 2.32 bits per heavy atom. The summed E-state index contributed by atoms with van der Waals surface area (Å²) in [7, 11) is 0. The molecule has 3 rings (SSSR count). The first-order chi connectivity index (χ1) is 11.9. The van der Waals surface area contributed by atoms with E-state index in [1.807, 2.05) is 0 Å². The zero-order chi connectivity index (χ0) is 18.0. The second kappa shape index (κ2) is 6.39. The van der Waals surface area contributed by atoms with Crippen LogP contribution in [0.25, 0.3) is 10.8 Å². The van der Waals surface area contributed by atoms with Gasteiger partial charge in [0.2, 0.25) is 0 Å². The third kappa shape index (κ3) is 3.52. The van der Waals surface area contributed by atoms with E-state index >= 15 is 0 Å². The molecular weight excluding hydrogens is 335 g/mol. The Hall–Kier alpha value is -3.16. The maximum Gasteiger partial charge on any atom is 0.416 e. The number of alkyl halides is 3. The van der Waals surface area contributed by atoms with Gasteiger partial charge in [-0.1, -0.05) is 30.3 Å². The molecule has 128 valence electrons. The van der Waals surface area contributed by atoms with Crippen LogP contribution in [0.5, 0.6) is 0 Å². The van der Waals surface area contributed by atoms with Crippen LogP contribution in [0.2, 0.25) is 0 Å².